The summed E-state index contributed by atoms with van der Waals surface area (Å²) in [6.07, 6.45) is 2.53. The van der Waals surface area contributed by atoms with Crippen LogP contribution in [-0.2, 0) is 6.54 Å². The first-order valence-corrected chi connectivity index (χ1v) is 6.12. The summed E-state index contributed by atoms with van der Waals surface area (Å²) in [5.74, 6) is 1.96. The van der Waals surface area contributed by atoms with Gasteiger partial charge in [0.25, 0.3) is 0 Å². The molecule has 0 unspecified atom stereocenters. The highest BCUT2D eigenvalue weighted by Gasteiger charge is 2.18. The minimum absolute atomic E-state index is 0.578. The summed E-state index contributed by atoms with van der Waals surface area (Å²) in [4.78, 5) is 7.02. The average Bonchev–Trinajstić information content (AvgIpc) is 2.30. The number of nitrogens with two attached hydrogens (primary N) is 1. The van der Waals surface area contributed by atoms with Gasteiger partial charge in [-0.3, -0.25) is 0 Å². The Hall–Kier alpha value is -1.09. The zero-order chi connectivity index (χ0) is 11.5. The lowest BCUT2D eigenvalue weighted by molar-refractivity contribution is 0.436. The Balaban J connectivity index is 2.21. The number of pyridine rings is 1. The summed E-state index contributed by atoms with van der Waals surface area (Å²) in [7, 11) is 0. The lowest BCUT2D eigenvalue weighted by atomic mass is 9.99. The van der Waals surface area contributed by atoms with E-state index in [1.54, 1.807) is 0 Å². The molecule has 16 heavy (non-hydrogen) atoms. The smallest absolute Gasteiger partial charge is 0.133 e. The molecule has 1 saturated heterocycles. The minimum atomic E-state index is 0.578. The molecule has 2 rings (SSSR count). The summed E-state index contributed by atoms with van der Waals surface area (Å²) >= 11 is 0. The van der Waals surface area contributed by atoms with Crippen molar-refractivity contribution in [2.45, 2.75) is 33.2 Å². The molecule has 1 aliphatic rings. The summed E-state index contributed by atoms with van der Waals surface area (Å²) in [5.41, 5.74) is 8.01. The average molecular weight is 219 g/mol. The quantitative estimate of drug-likeness (QED) is 0.828. The third kappa shape index (κ3) is 2.35. The van der Waals surface area contributed by atoms with Crippen molar-refractivity contribution in [1.82, 2.24) is 4.98 Å². The van der Waals surface area contributed by atoms with Gasteiger partial charge in [-0.2, -0.15) is 0 Å². The Morgan fingerprint density at radius 1 is 1.38 bits per heavy atom. The molecule has 88 valence electrons. The molecule has 2 N–H and O–H groups in total. The number of rotatable bonds is 2. The van der Waals surface area contributed by atoms with Gasteiger partial charge in [0.15, 0.2) is 0 Å². The summed E-state index contributed by atoms with van der Waals surface area (Å²) in [5, 5.41) is 0. The van der Waals surface area contributed by atoms with E-state index in [0.29, 0.717) is 6.54 Å². The van der Waals surface area contributed by atoms with E-state index in [0.717, 1.165) is 30.5 Å². The molecule has 1 aliphatic heterocycles. The Kier molecular flexibility index (Phi) is 3.44. The molecule has 0 bridgehead atoms. The summed E-state index contributed by atoms with van der Waals surface area (Å²) in [6, 6.07) is 4.15. The van der Waals surface area contributed by atoms with Gasteiger partial charge in [0.1, 0.15) is 5.82 Å². The molecule has 0 saturated carbocycles. The van der Waals surface area contributed by atoms with E-state index < -0.39 is 0 Å². The van der Waals surface area contributed by atoms with Crippen molar-refractivity contribution in [3.05, 3.63) is 23.4 Å². The highest BCUT2D eigenvalue weighted by Crippen LogP contribution is 2.24. The molecule has 1 aromatic rings. The zero-order valence-corrected chi connectivity index (χ0v) is 10.2. The molecule has 3 nitrogen and oxygen atoms in total. The van der Waals surface area contributed by atoms with Gasteiger partial charge < -0.3 is 10.6 Å². The van der Waals surface area contributed by atoms with Crippen LogP contribution >= 0.6 is 0 Å². The first kappa shape index (κ1) is 11.4. The minimum Gasteiger partial charge on any atom is -0.356 e. The topological polar surface area (TPSA) is 42.1 Å². The molecule has 0 spiro atoms. The second kappa shape index (κ2) is 4.83. The molecule has 0 atom stereocenters. The number of hydrogen-bond donors (Lipinski definition) is 1. The van der Waals surface area contributed by atoms with E-state index in [2.05, 4.69) is 22.9 Å². The van der Waals surface area contributed by atoms with E-state index in [-0.39, 0.29) is 0 Å². The number of aromatic nitrogens is 1. The van der Waals surface area contributed by atoms with E-state index in [4.69, 9.17) is 5.73 Å². The van der Waals surface area contributed by atoms with Gasteiger partial charge in [-0.1, -0.05) is 13.0 Å². The molecule has 0 radical (unpaired) electrons. The maximum atomic E-state index is 5.77. The van der Waals surface area contributed by atoms with Gasteiger partial charge in [0, 0.05) is 30.9 Å². The van der Waals surface area contributed by atoms with Gasteiger partial charge in [-0.15, -0.1) is 0 Å². The largest absolute Gasteiger partial charge is 0.356 e. The Morgan fingerprint density at radius 3 is 2.69 bits per heavy atom. The number of anilines is 1. The first-order valence-electron chi connectivity index (χ1n) is 6.12. The monoisotopic (exact) mass is 219 g/mol. The second-order valence-electron chi connectivity index (χ2n) is 4.81. The number of aryl methyl sites for hydroxylation is 1. The number of piperidine rings is 1. The lowest BCUT2D eigenvalue weighted by Crippen LogP contribution is -2.34. The van der Waals surface area contributed by atoms with Crippen molar-refractivity contribution in [1.29, 1.82) is 0 Å². The maximum Gasteiger partial charge on any atom is 0.133 e. The predicted molar refractivity (Wildman–Crippen MR) is 67.5 cm³/mol. The van der Waals surface area contributed by atoms with E-state index in [1.807, 2.05) is 13.0 Å². The fraction of sp³-hybridized carbons (Fsp3) is 0.615. The second-order valence-corrected chi connectivity index (χ2v) is 4.81. The SMILES string of the molecule is Cc1ccc(CN)c(N2CCC(C)CC2)n1. The van der Waals surface area contributed by atoms with Crippen LogP contribution in [0.4, 0.5) is 5.82 Å². The molecule has 0 aliphatic carbocycles. The van der Waals surface area contributed by atoms with Gasteiger partial charge >= 0.3 is 0 Å². The van der Waals surface area contributed by atoms with E-state index in [1.165, 1.54) is 18.4 Å². The van der Waals surface area contributed by atoms with Crippen LogP contribution in [0.5, 0.6) is 0 Å². The number of hydrogen-bond acceptors (Lipinski definition) is 3. The lowest BCUT2D eigenvalue weighted by Gasteiger charge is -2.32. The van der Waals surface area contributed by atoms with Crippen LogP contribution in [0.15, 0.2) is 12.1 Å². The molecule has 0 amide bonds. The van der Waals surface area contributed by atoms with Crippen molar-refractivity contribution in [3.63, 3.8) is 0 Å². The van der Waals surface area contributed by atoms with Crippen LogP contribution < -0.4 is 10.6 Å². The fourth-order valence-electron chi connectivity index (χ4n) is 2.23. The van der Waals surface area contributed by atoms with Crippen molar-refractivity contribution in [3.8, 4) is 0 Å². The fourth-order valence-corrected chi connectivity index (χ4v) is 2.23. The molecule has 2 heterocycles. The molecule has 1 fully saturated rings. The highest BCUT2D eigenvalue weighted by atomic mass is 15.2. The van der Waals surface area contributed by atoms with Gasteiger partial charge in [0.2, 0.25) is 0 Å². The van der Waals surface area contributed by atoms with Crippen LogP contribution in [0.1, 0.15) is 31.0 Å². The van der Waals surface area contributed by atoms with Crippen molar-refractivity contribution in [2.75, 3.05) is 18.0 Å². The van der Waals surface area contributed by atoms with Gasteiger partial charge in [-0.05, 0) is 31.7 Å². The Bertz CT molecular complexity index is 354. The molecular formula is C13H21N3. The first-order chi connectivity index (χ1) is 7.70. The molecule has 1 aromatic heterocycles. The standard InChI is InChI=1S/C13H21N3/c1-10-5-7-16(8-6-10)13-12(9-14)4-3-11(2)15-13/h3-4,10H,5-9,14H2,1-2H3. The van der Waals surface area contributed by atoms with Crippen LogP contribution in [0, 0.1) is 12.8 Å². The van der Waals surface area contributed by atoms with Crippen LogP contribution in [-0.4, -0.2) is 18.1 Å². The van der Waals surface area contributed by atoms with E-state index >= 15 is 0 Å². The van der Waals surface area contributed by atoms with Gasteiger partial charge in [0.05, 0.1) is 0 Å². The third-order valence-corrected chi connectivity index (χ3v) is 3.40. The van der Waals surface area contributed by atoms with Crippen molar-refractivity contribution < 1.29 is 0 Å². The molecule has 0 aromatic carbocycles. The summed E-state index contributed by atoms with van der Waals surface area (Å²) in [6.45, 7) is 7.17. The predicted octanol–water partition coefficient (Wildman–Crippen LogP) is 2.09. The highest BCUT2D eigenvalue weighted by molar-refractivity contribution is 5.48. The molecule has 3 heteroatoms. The van der Waals surface area contributed by atoms with Crippen LogP contribution in [0.3, 0.4) is 0 Å². The Morgan fingerprint density at radius 2 is 2.06 bits per heavy atom. The van der Waals surface area contributed by atoms with Crippen LogP contribution in [0.25, 0.3) is 0 Å². The zero-order valence-electron chi connectivity index (χ0n) is 10.2. The third-order valence-electron chi connectivity index (χ3n) is 3.40. The summed E-state index contributed by atoms with van der Waals surface area (Å²) < 4.78 is 0. The Labute approximate surface area is 97.7 Å². The maximum absolute atomic E-state index is 5.77. The van der Waals surface area contributed by atoms with E-state index in [9.17, 15) is 0 Å². The normalized spacial score (nSPS) is 17.8. The van der Waals surface area contributed by atoms with Crippen molar-refractivity contribution >= 4 is 5.82 Å². The van der Waals surface area contributed by atoms with Gasteiger partial charge in [-0.25, -0.2) is 4.98 Å². The van der Waals surface area contributed by atoms with Crippen molar-refractivity contribution in [2.24, 2.45) is 11.7 Å². The van der Waals surface area contributed by atoms with Crippen LogP contribution in [0.2, 0.25) is 0 Å². The molecular weight excluding hydrogens is 198 g/mol. The number of nitrogens with zero attached hydrogens (tertiary/aromatic N) is 2.